The number of thiophene rings is 1. The monoisotopic (exact) mass is 239 g/mol. The van der Waals surface area contributed by atoms with Crippen LogP contribution in [0.15, 0.2) is 12.1 Å². The number of rotatable bonds is 2. The van der Waals surface area contributed by atoms with Crippen molar-refractivity contribution in [3.8, 4) is 0 Å². The van der Waals surface area contributed by atoms with E-state index < -0.39 is 5.54 Å². The second kappa shape index (κ2) is 4.55. The molecule has 1 fully saturated rings. The Labute approximate surface area is 99.8 Å². The molecule has 4 heteroatoms. The number of carbonyl (C=O) groups is 1. The highest BCUT2D eigenvalue weighted by atomic mass is 32.1. The maximum Gasteiger partial charge on any atom is 0.331 e. The molecule has 1 unspecified atom stereocenters. The van der Waals surface area contributed by atoms with Crippen LogP contribution in [0.1, 0.15) is 29.0 Å². The first-order chi connectivity index (χ1) is 7.69. The van der Waals surface area contributed by atoms with Crippen LogP contribution in [0.4, 0.5) is 0 Å². The topological polar surface area (TPSA) is 38.3 Å². The van der Waals surface area contributed by atoms with Gasteiger partial charge in [-0.25, -0.2) is 4.79 Å². The first-order valence-corrected chi connectivity index (χ1v) is 6.41. The fourth-order valence-corrected chi connectivity index (χ4v) is 3.28. The zero-order valence-electron chi connectivity index (χ0n) is 9.71. The Hall–Kier alpha value is -0.870. The van der Waals surface area contributed by atoms with Gasteiger partial charge < -0.3 is 4.74 Å². The fraction of sp³-hybridized carbons (Fsp3) is 0.583. The van der Waals surface area contributed by atoms with Crippen LogP contribution in [0.25, 0.3) is 0 Å². The summed E-state index contributed by atoms with van der Waals surface area (Å²) in [5.41, 5.74) is -0.591. The lowest BCUT2D eigenvalue weighted by atomic mass is 9.87. The molecule has 0 spiro atoms. The predicted octanol–water partition coefficient (Wildman–Crippen LogP) is 2.20. The highest BCUT2D eigenvalue weighted by Gasteiger charge is 2.43. The summed E-state index contributed by atoms with van der Waals surface area (Å²) in [6, 6.07) is 4.09. The number of methoxy groups -OCH3 is 1. The quantitative estimate of drug-likeness (QED) is 0.804. The molecule has 0 aliphatic carbocycles. The van der Waals surface area contributed by atoms with E-state index in [9.17, 15) is 4.79 Å². The molecule has 1 aliphatic heterocycles. The summed E-state index contributed by atoms with van der Waals surface area (Å²) in [6.07, 6.45) is 3.03. The Morgan fingerprint density at radius 1 is 1.50 bits per heavy atom. The molecule has 0 saturated carbocycles. The van der Waals surface area contributed by atoms with Crippen molar-refractivity contribution in [3.05, 3.63) is 21.9 Å². The van der Waals surface area contributed by atoms with Crippen molar-refractivity contribution in [2.45, 2.75) is 31.7 Å². The predicted molar refractivity (Wildman–Crippen MR) is 64.6 cm³/mol. The van der Waals surface area contributed by atoms with Crippen LogP contribution in [0.2, 0.25) is 0 Å². The molecule has 3 nitrogen and oxygen atoms in total. The molecule has 2 heterocycles. The van der Waals surface area contributed by atoms with E-state index in [0.717, 1.165) is 30.7 Å². The van der Waals surface area contributed by atoms with E-state index in [2.05, 4.69) is 18.3 Å². The molecule has 0 bridgehead atoms. The molecule has 1 saturated heterocycles. The number of piperidine rings is 1. The van der Waals surface area contributed by atoms with Crippen molar-refractivity contribution in [1.29, 1.82) is 0 Å². The first-order valence-electron chi connectivity index (χ1n) is 5.59. The Kier molecular flexibility index (Phi) is 3.30. The fourth-order valence-electron chi connectivity index (χ4n) is 2.23. The highest BCUT2D eigenvalue weighted by molar-refractivity contribution is 7.12. The zero-order valence-corrected chi connectivity index (χ0v) is 10.5. The van der Waals surface area contributed by atoms with Gasteiger partial charge in [-0.3, -0.25) is 5.32 Å². The van der Waals surface area contributed by atoms with Gasteiger partial charge in [-0.2, -0.15) is 0 Å². The van der Waals surface area contributed by atoms with Crippen molar-refractivity contribution in [3.63, 3.8) is 0 Å². The summed E-state index contributed by atoms with van der Waals surface area (Å²) in [4.78, 5) is 14.3. The number of esters is 1. The van der Waals surface area contributed by atoms with Gasteiger partial charge in [-0.05, 0) is 44.9 Å². The lowest BCUT2D eigenvalue weighted by molar-refractivity contribution is -0.150. The average Bonchev–Trinajstić information content (AvgIpc) is 2.76. The number of ether oxygens (including phenoxy) is 1. The second-order valence-electron chi connectivity index (χ2n) is 4.19. The number of carbonyl (C=O) groups excluding carboxylic acids is 1. The van der Waals surface area contributed by atoms with Crippen molar-refractivity contribution in [2.75, 3.05) is 13.7 Å². The maximum absolute atomic E-state index is 12.0. The normalized spacial score (nSPS) is 25.4. The summed E-state index contributed by atoms with van der Waals surface area (Å²) >= 11 is 1.67. The molecule has 1 atom stereocenters. The van der Waals surface area contributed by atoms with Crippen LogP contribution in [0.3, 0.4) is 0 Å². The van der Waals surface area contributed by atoms with E-state index in [1.807, 2.05) is 6.07 Å². The van der Waals surface area contributed by atoms with Gasteiger partial charge >= 0.3 is 5.97 Å². The summed E-state index contributed by atoms with van der Waals surface area (Å²) in [7, 11) is 1.46. The number of nitrogens with one attached hydrogen (secondary N) is 1. The average molecular weight is 239 g/mol. The molecule has 88 valence electrons. The summed E-state index contributed by atoms with van der Waals surface area (Å²) in [6.45, 7) is 2.94. The Morgan fingerprint density at radius 3 is 2.81 bits per heavy atom. The van der Waals surface area contributed by atoms with Gasteiger partial charge in [-0.15, -0.1) is 11.3 Å². The van der Waals surface area contributed by atoms with Crippen molar-refractivity contribution in [2.24, 2.45) is 0 Å². The Balaban J connectivity index is 2.37. The number of aryl methyl sites for hydroxylation is 1. The lowest BCUT2D eigenvalue weighted by Gasteiger charge is -2.34. The van der Waals surface area contributed by atoms with Crippen molar-refractivity contribution in [1.82, 2.24) is 5.32 Å². The molecule has 1 N–H and O–H groups in total. The molecule has 0 amide bonds. The number of hydrogen-bond acceptors (Lipinski definition) is 4. The van der Waals surface area contributed by atoms with Gasteiger partial charge in [0.15, 0.2) is 5.54 Å². The standard InChI is InChI=1S/C12H17NO2S/c1-9-5-6-10(16-9)12(11(14)15-2)7-3-4-8-13-12/h5-6,13H,3-4,7-8H2,1-2H3. The third-order valence-electron chi connectivity index (χ3n) is 3.10. The molecule has 16 heavy (non-hydrogen) atoms. The Bertz CT molecular complexity index is 380. The van der Waals surface area contributed by atoms with Crippen LogP contribution in [-0.2, 0) is 15.1 Å². The smallest absolute Gasteiger partial charge is 0.331 e. The summed E-state index contributed by atoms with van der Waals surface area (Å²) < 4.78 is 4.96. The minimum Gasteiger partial charge on any atom is -0.467 e. The first kappa shape index (κ1) is 11.6. The zero-order chi connectivity index (χ0) is 11.6. The third-order valence-corrected chi connectivity index (χ3v) is 4.26. The van der Waals surface area contributed by atoms with Crippen LogP contribution in [0, 0.1) is 6.92 Å². The summed E-state index contributed by atoms with van der Waals surface area (Å²) in [5.74, 6) is -0.158. The molecule has 1 aromatic heterocycles. The van der Waals surface area contributed by atoms with Gasteiger partial charge in [0, 0.05) is 9.75 Å². The van der Waals surface area contributed by atoms with E-state index in [0.29, 0.717) is 0 Å². The second-order valence-corrected chi connectivity index (χ2v) is 5.48. The van der Waals surface area contributed by atoms with E-state index in [1.54, 1.807) is 11.3 Å². The molecule has 1 aliphatic rings. The van der Waals surface area contributed by atoms with Gasteiger partial charge in [0.1, 0.15) is 0 Å². The van der Waals surface area contributed by atoms with Crippen molar-refractivity contribution < 1.29 is 9.53 Å². The van der Waals surface area contributed by atoms with Crippen molar-refractivity contribution >= 4 is 17.3 Å². The highest BCUT2D eigenvalue weighted by Crippen LogP contribution is 2.35. The van der Waals surface area contributed by atoms with Crippen LogP contribution in [0.5, 0.6) is 0 Å². The minimum atomic E-state index is -0.591. The van der Waals surface area contributed by atoms with Crippen LogP contribution in [-0.4, -0.2) is 19.6 Å². The summed E-state index contributed by atoms with van der Waals surface area (Å²) in [5, 5.41) is 3.35. The third kappa shape index (κ3) is 1.87. The van der Waals surface area contributed by atoms with E-state index in [4.69, 9.17) is 4.74 Å². The van der Waals surface area contributed by atoms with E-state index in [1.165, 1.54) is 12.0 Å². The molecule has 1 aromatic rings. The Morgan fingerprint density at radius 2 is 2.31 bits per heavy atom. The molecular formula is C12H17NO2S. The maximum atomic E-state index is 12.0. The molecule has 0 aromatic carbocycles. The van der Waals surface area contributed by atoms with Gasteiger partial charge in [0.05, 0.1) is 7.11 Å². The van der Waals surface area contributed by atoms with Crippen LogP contribution >= 0.6 is 11.3 Å². The van der Waals surface area contributed by atoms with Gasteiger partial charge in [-0.1, -0.05) is 0 Å². The van der Waals surface area contributed by atoms with Gasteiger partial charge in [0.25, 0.3) is 0 Å². The lowest BCUT2D eigenvalue weighted by Crippen LogP contribution is -2.52. The SMILES string of the molecule is COC(=O)C1(c2ccc(C)s2)CCCCN1. The minimum absolute atomic E-state index is 0.158. The molecule has 0 radical (unpaired) electrons. The molecule has 2 rings (SSSR count). The van der Waals surface area contributed by atoms with E-state index in [-0.39, 0.29) is 5.97 Å². The van der Waals surface area contributed by atoms with E-state index >= 15 is 0 Å². The van der Waals surface area contributed by atoms with Gasteiger partial charge in [0.2, 0.25) is 0 Å². The molecular weight excluding hydrogens is 222 g/mol. The largest absolute Gasteiger partial charge is 0.467 e. The van der Waals surface area contributed by atoms with Crippen LogP contribution < -0.4 is 5.32 Å². The number of hydrogen-bond donors (Lipinski definition) is 1.